The smallest absolute Gasteiger partial charge is 0.137 e. The third-order valence-electron chi connectivity index (χ3n) is 2.69. The van der Waals surface area contributed by atoms with Crippen LogP contribution >= 0.6 is 11.6 Å². The van der Waals surface area contributed by atoms with E-state index in [0.717, 1.165) is 17.9 Å². The number of rotatable bonds is 3. The maximum Gasteiger partial charge on any atom is 0.137 e. The second kappa shape index (κ2) is 4.86. The molecular weight excluding hydrogens is 210 g/mol. The highest BCUT2D eigenvalue weighted by molar-refractivity contribution is 6.32. The zero-order chi connectivity index (χ0) is 10.7. The van der Waals surface area contributed by atoms with Crippen molar-refractivity contribution >= 4 is 11.6 Å². The van der Waals surface area contributed by atoms with Crippen molar-refractivity contribution in [2.45, 2.75) is 25.8 Å². The van der Waals surface area contributed by atoms with Crippen LogP contribution in [0.1, 0.15) is 18.4 Å². The SMILES string of the molecule is Cc1ccc(OC[C@@H]2CCCN2)c(Cl)c1. The molecule has 1 saturated heterocycles. The van der Waals surface area contributed by atoms with Crippen molar-refractivity contribution in [2.24, 2.45) is 0 Å². The summed E-state index contributed by atoms with van der Waals surface area (Å²) in [6, 6.07) is 6.37. The van der Waals surface area contributed by atoms with Crippen molar-refractivity contribution in [3.63, 3.8) is 0 Å². The highest BCUT2D eigenvalue weighted by Crippen LogP contribution is 2.25. The summed E-state index contributed by atoms with van der Waals surface area (Å²) in [5.74, 6) is 0.788. The van der Waals surface area contributed by atoms with Crippen LogP contribution in [0.5, 0.6) is 5.75 Å². The van der Waals surface area contributed by atoms with Crippen LogP contribution < -0.4 is 10.1 Å². The van der Waals surface area contributed by atoms with Crippen LogP contribution in [-0.4, -0.2) is 19.2 Å². The van der Waals surface area contributed by atoms with E-state index in [-0.39, 0.29) is 0 Å². The molecule has 2 rings (SSSR count). The molecule has 1 N–H and O–H groups in total. The highest BCUT2D eigenvalue weighted by atomic mass is 35.5. The van der Waals surface area contributed by atoms with Crippen molar-refractivity contribution in [1.29, 1.82) is 0 Å². The zero-order valence-corrected chi connectivity index (χ0v) is 9.68. The van der Waals surface area contributed by atoms with Gasteiger partial charge in [0.1, 0.15) is 12.4 Å². The Morgan fingerprint density at radius 1 is 1.53 bits per heavy atom. The Balaban J connectivity index is 1.92. The van der Waals surface area contributed by atoms with E-state index in [9.17, 15) is 0 Å². The van der Waals surface area contributed by atoms with Crippen molar-refractivity contribution < 1.29 is 4.74 Å². The monoisotopic (exact) mass is 225 g/mol. The fourth-order valence-electron chi connectivity index (χ4n) is 1.81. The predicted octanol–water partition coefficient (Wildman–Crippen LogP) is 2.78. The first kappa shape index (κ1) is 10.8. The summed E-state index contributed by atoms with van der Waals surface area (Å²) in [4.78, 5) is 0. The quantitative estimate of drug-likeness (QED) is 0.854. The van der Waals surface area contributed by atoms with Gasteiger partial charge in [0.2, 0.25) is 0 Å². The standard InChI is InChI=1S/C12H16ClNO/c1-9-4-5-12(11(13)7-9)15-8-10-3-2-6-14-10/h4-5,7,10,14H,2-3,6,8H2,1H3/t10-/m0/s1. The van der Waals surface area contributed by atoms with Crippen molar-refractivity contribution in [1.82, 2.24) is 5.32 Å². The van der Waals surface area contributed by atoms with Gasteiger partial charge < -0.3 is 10.1 Å². The molecule has 2 nitrogen and oxygen atoms in total. The second-order valence-electron chi connectivity index (χ2n) is 4.04. The molecule has 0 spiro atoms. The number of hydrogen-bond acceptors (Lipinski definition) is 2. The van der Waals surface area contributed by atoms with E-state index in [4.69, 9.17) is 16.3 Å². The summed E-state index contributed by atoms with van der Waals surface area (Å²) in [7, 11) is 0. The molecule has 0 bridgehead atoms. The fraction of sp³-hybridized carbons (Fsp3) is 0.500. The molecule has 0 saturated carbocycles. The molecule has 1 aromatic rings. The van der Waals surface area contributed by atoms with Crippen molar-refractivity contribution in [2.75, 3.05) is 13.2 Å². The second-order valence-corrected chi connectivity index (χ2v) is 4.45. The topological polar surface area (TPSA) is 21.3 Å². The summed E-state index contributed by atoms with van der Waals surface area (Å²) in [6.07, 6.45) is 2.44. The summed E-state index contributed by atoms with van der Waals surface area (Å²) in [5.41, 5.74) is 1.16. The first-order valence-corrected chi connectivity index (χ1v) is 5.76. The lowest BCUT2D eigenvalue weighted by atomic mass is 10.2. The average molecular weight is 226 g/mol. The van der Waals surface area contributed by atoms with E-state index in [1.807, 2.05) is 25.1 Å². The van der Waals surface area contributed by atoms with Gasteiger partial charge in [-0.25, -0.2) is 0 Å². The van der Waals surface area contributed by atoms with Gasteiger partial charge in [0.15, 0.2) is 0 Å². The molecule has 1 aromatic carbocycles. The molecule has 1 aliphatic rings. The zero-order valence-electron chi connectivity index (χ0n) is 8.92. The van der Waals surface area contributed by atoms with E-state index in [1.165, 1.54) is 12.8 Å². The van der Waals surface area contributed by atoms with Gasteiger partial charge in [0.05, 0.1) is 5.02 Å². The molecule has 1 atom stereocenters. The van der Waals surface area contributed by atoms with Crippen LogP contribution in [0.25, 0.3) is 0 Å². The van der Waals surface area contributed by atoms with Crippen molar-refractivity contribution in [3.05, 3.63) is 28.8 Å². The normalized spacial score (nSPS) is 20.5. The van der Waals surface area contributed by atoms with Gasteiger partial charge in [-0.1, -0.05) is 17.7 Å². The third-order valence-corrected chi connectivity index (χ3v) is 2.99. The van der Waals surface area contributed by atoms with Gasteiger partial charge in [-0.2, -0.15) is 0 Å². The lowest BCUT2D eigenvalue weighted by Crippen LogP contribution is -2.28. The number of benzene rings is 1. The molecule has 1 aliphatic heterocycles. The Bertz CT molecular complexity index is 334. The Morgan fingerprint density at radius 2 is 2.40 bits per heavy atom. The Labute approximate surface area is 95.6 Å². The Kier molecular flexibility index (Phi) is 3.49. The van der Waals surface area contributed by atoms with E-state index in [2.05, 4.69) is 5.32 Å². The van der Waals surface area contributed by atoms with Crippen LogP contribution in [0.15, 0.2) is 18.2 Å². The molecule has 0 amide bonds. The van der Waals surface area contributed by atoms with Crippen LogP contribution in [-0.2, 0) is 0 Å². The van der Waals surface area contributed by atoms with Gasteiger partial charge >= 0.3 is 0 Å². The number of nitrogens with one attached hydrogen (secondary N) is 1. The minimum Gasteiger partial charge on any atom is -0.490 e. The van der Waals surface area contributed by atoms with Crippen molar-refractivity contribution in [3.8, 4) is 5.75 Å². The molecule has 15 heavy (non-hydrogen) atoms. The lowest BCUT2D eigenvalue weighted by Gasteiger charge is -2.13. The van der Waals surface area contributed by atoms with E-state index in [0.29, 0.717) is 17.7 Å². The molecule has 1 fully saturated rings. The minimum atomic E-state index is 0.488. The average Bonchev–Trinajstić information content (AvgIpc) is 2.69. The van der Waals surface area contributed by atoms with E-state index < -0.39 is 0 Å². The van der Waals surface area contributed by atoms with E-state index in [1.54, 1.807) is 0 Å². The summed E-state index contributed by atoms with van der Waals surface area (Å²) >= 11 is 6.07. The van der Waals surface area contributed by atoms with Gasteiger partial charge in [-0.05, 0) is 44.0 Å². The number of aryl methyl sites for hydroxylation is 1. The summed E-state index contributed by atoms with van der Waals surface area (Å²) in [5, 5.41) is 4.09. The van der Waals surface area contributed by atoms with Crippen LogP contribution in [0, 0.1) is 6.92 Å². The Hall–Kier alpha value is -0.730. The fourth-order valence-corrected chi connectivity index (χ4v) is 2.10. The first-order valence-electron chi connectivity index (χ1n) is 5.38. The van der Waals surface area contributed by atoms with Gasteiger partial charge in [-0.15, -0.1) is 0 Å². The number of hydrogen-bond donors (Lipinski definition) is 1. The number of ether oxygens (including phenoxy) is 1. The largest absolute Gasteiger partial charge is 0.490 e. The molecule has 82 valence electrons. The Morgan fingerprint density at radius 3 is 3.07 bits per heavy atom. The molecule has 1 heterocycles. The van der Waals surface area contributed by atoms with E-state index >= 15 is 0 Å². The van der Waals surface area contributed by atoms with Crippen LogP contribution in [0.2, 0.25) is 5.02 Å². The van der Waals surface area contributed by atoms with Gasteiger partial charge in [-0.3, -0.25) is 0 Å². The third kappa shape index (κ3) is 2.86. The minimum absolute atomic E-state index is 0.488. The van der Waals surface area contributed by atoms with Crippen LogP contribution in [0.4, 0.5) is 0 Å². The van der Waals surface area contributed by atoms with Gasteiger partial charge in [0.25, 0.3) is 0 Å². The molecular formula is C12H16ClNO. The first-order chi connectivity index (χ1) is 7.25. The maximum absolute atomic E-state index is 6.07. The summed E-state index contributed by atoms with van der Waals surface area (Å²) in [6.45, 7) is 3.84. The number of halogens is 1. The summed E-state index contributed by atoms with van der Waals surface area (Å²) < 4.78 is 5.68. The predicted molar refractivity (Wildman–Crippen MR) is 62.7 cm³/mol. The molecule has 0 aromatic heterocycles. The van der Waals surface area contributed by atoms with Gasteiger partial charge in [0, 0.05) is 6.04 Å². The molecule has 3 heteroatoms. The lowest BCUT2D eigenvalue weighted by molar-refractivity contribution is 0.277. The van der Waals surface area contributed by atoms with Crippen LogP contribution in [0.3, 0.4) is 0 Å². The highest BCUT2D eigenvalue weighted by Gasteiger charge is 2.14. The molecule has 0 radical (unpaired) electrons. The molecule has 0 unspecified atom stereocenters. The maximum atomic E-state index is 6.07. The molecule has 0 aliphatic carbocycles.